The highest BCUT2D eigenvalue weighted by Crippen LogP contribution is 2.23. The second-order valence-electron chi connectivity index (χ2n) is 5.56. The third-order valence-electron chi connectivity index (χ3n) is 3.96. The van der Waals surface area contributed by atoms with E-state index in [9.17, 15) is 14.0 Å². The van der Waals surface area contributed by atoms with Gasteiger partial charge in [-0.25, -0.2) is 4.39 Å². The number of halogens is 1. The van der Waals surface area contributed by atoms with E-state index in [1.165, 1.54) is 6.07 Å². The first-order chi connectivity index (χ1) is 9.47. The largest absolute Gasteiger partial charge is 0.343 e. The van der Waals surface area contributed by atoms with Crippen LogP contribution in [-0.2, 0) is 4.79 Å². The predicted molar refractivity (Wildman–Crippen MR) is 75.1 cm³/mol. The molecule has 2 rings (SSSR count). The standard InChI is InChI=1S/C16H20FNO2/c1-11-3-4-14(15(17)9-11)16(20)10-13-5-7-18(8-6-13)12(2)19/h3-4,9,13H,5-8,10H2,1-2H3. The molecule has 108 valence electrons. The Bertz CT molecular complexity index is 519. The summed E-state index contributed by atoms with van der Waals surface area (Å²) < 4.78 is 13.7. The highest BCUT2D eigenvalue weighted by Gasteiger charge is 2.24. The number of carbonyl (C=O) groups excluding carboxylic acids is 2. The number of hydrogen-bond acceptors (Lipinski definition) is 2. The molecular weight excluding hydrogens is 257 g/mol. The Morgan fingerprint density at radius 1 is 1.30 bits per heavy atom. The van der Waals surface area contributed by atoms with Gasteiger partial charge >= 0.3 is 0 Å². The van der Waals surface area contributed by atoms with Gasteiger partial charge in [-0.1, -0.05) is 6.07 Å². The average Bonchev–Trinajstić information content (AvgIpc) is 2.39. The van der Waals surface area contributed by atoms with Crippen molar-refractivity contribution in [2.45, 2.75) is 33.1 Å². The van der Waals surface area contributed by atoms with Gasteiger partial charge in [-0.2, -0.15) is 0 Å². The van der Waals surface area contributed by atoms with Crippen LogP contribution in [0.5, 0.6) is 0 Å². The van der Waals surface area contributed by atoms with Gasteiger partial charge in [-0.3, -0.25) is 9.59 Å². The van der Waals surface area contributed by atoms with Crippen LogP contribution in [0.2, 0.25) is 0 Å². The highest BCUT2D eigenvalue weighted by atomic mass is 19.1. The van der Waals surface area contributed by atoms with Crippen molar-refractivity contribution in [2.24, 2.45) is 5.92 Å². The minimum atomic E-state index is -0.434. The molecule has 3 nitrogen and oxygen atoms in total. The van der Waals surface area contributed by atoms with E-state index >= 15 is 0 Å². The van der Waals surface area contributed by atoms with Gasteiger partial charge < -0.3 is 4.90 Å². The Hall–Kier alpha value is -1.71. The molecule has 0 saturated carbocycles. The molecule has 1 aromatic rings. The van der Waals surface area contributed by atoms with Crippen molar-refractivity contribution in [1.82, 2.24) is 4.90 Å². The molecule has 4 heteroatoms. The molecule has 1 fully saturated rings. The molecule has 0 aliphatic carbocycles. The summed E-state index contributed by atoms with van der Waals surface area (Å²) in [4.78, 5) is 25.2. The summed E-state index contributed by atoms with van der Waals surface area (Å²) in [6.45, 7) is 4.76. The molecule has 0 bridgehead atoms. The molecule has 0 atom stereocenters. The van der Waals surface area contributed by atoms with Crippen LogP contribution in [0.1, 0.15) is 42.1 Å². The maximum absolute atomic E-state index is 13.7. The Morgan fingerprint density at radius 3 is 2.50 bits per heavy atom. The summed E-state index contributed by atoms with van der Waals surface area (Å²) in [6.07, 6.45) is 2.00. The number of rotatable bonds is 3. The summed E-state index contributed by atoms with van der Waals surface area (Å²) >= 11 is 0. The molecule has 0 radical (unpaired) electrons. The zero-order chi connectivity index (χ0) is 14.7. The van der Waals surface area contributed by atoms with Gasteiger partial charge in [0.15, 0.2) is 5.78 Å². The first-order valence-electron chi connectivity index (χ1n) is 7.02. The minimum absolute atomic E-state index is 0.0827. The average molecular weight is 277 g/mol. The number of hydrogen-bond donors (Lipinski definition) is 0. The zero-order valence-electron chi connectivity index (χ0n) is 12.0. The number of carbonyl (C=O) groups is 2. The van der Waals surface area contributed by atoms with Gasteiger partial charge in [0.25, 0.3) is 0 Å². The zero-order valence-corrected chi connectivity index (χ0v) is 12.0. The van der Waals surface area contributed by atoms with E-state index in [1.54, 1.807) is 30.9 Å². The van der Waals surface area contributed by atoms with E-state index in [4.69, 9.17) is 0 Å². The Kier molecular flexibility index (Phi) is 4.53. The van der Waals surface area contributed by atoms with E-state index < -0.39 is 5.82 Å². The number of nitrogens with zero attached hydrogens (tertiary/aromatic N) is 1. The van der Waals surface area contributed by atoms with E-state index in [0.29, 0.717) is 19.5 Å². The van der Waals surface area contributed by atoms with Gasteiger partial charge in [-0.05, 0) is 43.4 Å². The summed E-state index contributed by atoms with van der Waals surface area (Å²) in [5.41, 5.74) is 0.999. The maximum Gasteiger partial charge on any atom is 0.219 e. The molecule has 1 amide bonds. The van der Waals surface area contributed by atoms with Crippen LogP contribution in [0.3, 0.4) is 0 Å². The van der Waals surface area contributed by atoms with Gasteiger partial charge in [-0.15, -0.1) is 0 Å². The SMILES string of the molecule is CC(=O)N1CCC(CC(=O)c2ccc(C)cc2F)CC1. The highest BCUT2D eigenvalue weighted by molar-refractivity contribution is 5.96. The molecule has 0 aromatic heterocycles. The van der Waals surface area contributed by atoms with Crippen molar-refractivity contribution >= 4 is 11.7 Å². The first kappa shape index (κ1) is 14.7. The van der Waals surface area contributed by atoms with Crippen molar-refractivity contribution in [3.63, 3.8) is 0 Å². The molecule has 1 aliphatic heterocycles. The lowest BCUT2D eigenvalue weighted by Gasteiger charge is -2.31. The Labute approximate surface area is 118 Å². The number of piperidine rings is 1. The lowest BCUT2D eigenvalue weighted by Crippen LogP contribution is -2.37. The third kappa shape index (κ3) is 3.44. The number of Topliss-reactive ketones (excluding diaryl/α,β-unsaturated/α-hetero) is 1. The lowest BCUT2D eigenvalue weighted by atomic mass is 9.89. The molecule has 1 aliphatic rings. The van der Waals surface area contributed by atoms with Crippen LogP contribution < -0.4 is 0 Å². The molecule has 1 saturated heterocycles. The fourth-order valence-electron chi connectivity index (χ4n) is 2.67. The quantitative estimate of drug-likeness (QED) is 0.797. The Balaban J connectivity index is 1.94. The molecule has 1 heterocycles. The molecular formula is C16H20FNO2. The topological polar surface area (TPSA) is 37.4 Å². The van der Waals surface area contributed by atoms with Crippen LogP contribution in [-0.4, -0.2) is 29.7 Å². The number of ketones is 1. The van der Waals surface area contributed by atoms with E-state index in [0.717, 1.165) is 18.4 Å². The monoisotopic (exact) mass is 277 g/mol. The van der Waals surface area contributed by atoms with E-state index in [1.807, 2.05) is 0 Å². The number of likely N-dealkylation sites (tertiary alicyclic amines) is 1. The molecule has 20 heavy (non-hydrogen) atoms. The number of benzene rings is 1. The van der Waals surface area contributed by atoms with Crippen molar-refractivity contribution in [1.29, 1.82) is 0 Å². The van der Waals surface area contributed by atoms with Crippen LogP contribution in [0.25, 0.3) is 0 Å². The van der Waals surface area contributed by atoms with Crippen LogP contribution in [0.4, 0.5) is 4.39 Å². The van der Waals surface area contributed by atoms with Crippen molar-refractivity contribution in [3.8, 4) is 0 Å². The summed E-state index contributed by atoms with van der Waals surface area (Å²) in [7, 11) is 0. The lowest BCUT2D eigenvalue weighted by molar-refractivity contribution is -0.130. The van der Waals surface area contributed by atoms with Crippen LogP contribution in [0.15, 0.2) is 18.2 Å². The molecule has 0 spiro atoms. The second-order valence-corrected chi connectivity index (χ2v) is 5.56. The fourth-order valence-corrected chi connectivity index (χ4v) is 2.67. The minimum Gasteiger partial charge on any atom is -0.343 e. The van der Waals surface area contributed by atoms with Gasteiger partial charge in [0, 0.05) is 26.4 Å². The third-order valence-corrected chi connectivity index (χ3v) is 3.96. The van der Waals surface area contributed by atoms with Gasteiger partial charge in [0.05, 0.1) is 5.56 Å². The number of amides is 1. The van der Waals surface area contributed by atoms with Gasteiger partial charge in [0.2, 0.25) is 5.91 Å². The predicted octanol–water partition coefficient (Wildman–Crippen LogP) is 2.97. The van der Waals surface area contributed by atoms with Crippen molar-refractivity contribution in [2.75, 3.05) is 13.1 Å². The molecule has 0 unspecified atom stereocenters. The Morgan fingerprint density at radius 2 is 1.95 bits per heavy atom. The van der Waals surface area contributed by atoms with Crippen molar-refractivity contribution in [3.05, 3.63) is 35.1 Å². The van der Waals surface area contributed by atoms with E-state index in [-0.39, 0.29) is 23.2 Å². The van der Waals surface area contributed by atoms with Crippen molar-refractivity contribution < 1.29 is 14.0 Å². The van der Waals surface area contributed by atoms with Crippen LogP contribution in [0, 0.1) is 18.7 Å². The van der Waals surface area contributed by atoms with Crippen LogP contribution >= 0.6 is 0 Å². The normalized spacial score (nSPS) is 16.2. The first-order valence-corrected chi connectivity index (χ1v) is 7.02. The maximum atomic E-state index is 13.7. The second kappa shape index (κ2) is 6.16. The summed E-state index contributed by atoms with van der Waals surface area (Å²) in [5, 5.41) is 0. The summed E-state index contributed by atoms with van der Waals surface area (Å²) in [5.74, 6) is -0.238. The molecule has 1 aromatic carbocycles. The summed E-state index contributed by atoms with van der Waals surface area (Å²) in [6, 6.07) is 4.72. The molecule has 0 N–H and O–H groups in total. The smallest absolute Gasteiger partial charge is 0.219 e. The fraction of sp³-hybridized carbons (Fsp3) is 0.500. The van der Waals surface area contributed by atoms with E-state index in [2.05, 4.69) is 0 Å². The van der Waals surface area contributed by atoms with Gasteiger partial charge in [0.1, 0.15) is 5.82 Å². The number of aryl methyl sites for hydroxylation is 1.